The number of hydrogen-bond donors (Lipinski definition) is 2. The van der Waals surface area contributed by atoms with E-state index in [4.69, 9.17) is 19.4 Å². The summed E-state index contributed by atoms with van der Waals surface area (Å²) in [6.45, 7) is 6.31. The van der Waals surface area contributed by atoms with Gasteiger partial charge >= 0.3 is 0 Å². The third-order valence-corrected chi connectivity index (χ3v) is 13.4. The van der Waals surface area contributed by atoms with Crippen molar-refractivity contribution in [1.82, 2.24) is 24.9 Å². The summed E-state index contributed by atoms with van der Waals surface area (Å²) < 4.78 is 40.2. The van der Waals surface area contributed by atoms with Gasteiger partial charge in [-0.1, -0.05) is 38.8 Å². The quantitative estimate of drug-likeness (QED) is 0.282. The third-order valence-electron chi connectivity index (χ3n) is 10.7. The second-order valence-electron chi connectivity index (χ2n) is 14.9. The van der Waals surface area contributed by atoms with Gasteiger partial charge in [-0.05, 0) is 63.5 Å². The third kappa shape index (κ3) is 7.28. The summed E-state index contributed by atoms with van der Waals surface area (Å²) in [5, 5.41) is 5.91. The zero-order valence-electron chi connectivity index (χ0n) is 30.1. The molecule has 52 heavy (non-hydrogen) atoms. The average Bonchev–Trinajstić information content (AvgIpc) is 3.98. The summed E-state index contributed by atoms with van der Waals surface area (Å²) >= 11 is 1.51. The molecule has 2 aromatic heterocycles. The van der Waals surface area contributed by atoms with Gasteiger partial charge in [0.2, 0.25) is 21.8 Å². The molecule has 12 nitrogen and oxygen atoms in total. The molecule has 2 saturated carbocycles. The Kier molecular flexibility index (Phi) is 10.1. The van der Waals surface area contributed by atoms with Crippen molar-refractivity contribution in [2.45, 2.75) is 114 Å². The topological polar surface area (TPSA) is 157 Å². The van der Waals surface area contributed by atoms with Crippen molar-refractivity contribution in [1.29, 1.82) is 0 Å². The SMILES string of the molecule is COc1ccc2c(OC3CC4C(=O)NC5(C(=O)NS(=O)(=O)C6CC6)CC5/C=C\CCCCCCC(=O)N4C3)cc(-c3nc(C(C)C)cs3)nc2c1C. The molecule has 1 saturated heterocycles. The van der Waals surface area contributed by atoms with E-state index in [-0.39, 0.29) is 37.1 Å². The summed E-state index contributed by atoms with van der Waals surface area (Å²) in [4.78, 5) is 53.0. The zero-order valence-corrected chi connectivity index (χ0v) is 31.8. The lowest BCUT2D eigenvalue weighted by Gasteiger charge is -2.26. The number of thiazole rings is 1. The van der Waals surface area contributed by atoms with Crippen molar-refractivity contribution in [3.8, 4) is 22.2 Å². The molecule has 278 valence electrons. The molecule has 0 bridgehead atoms. The Bertz CT molecular complexity index is 2020. The fourth-order valence-electron chi connectivity index (χ4n) is 7.33. The largest absolute Gasteiger partial charge is 0.496 e. The van der Waals surface area contributed by atoms with Crippen LogP contribution in [0.15, 0.2) is 35.7 Å². The van der Waals surface area contributed by atoms with Crippen LogP contribution in [0.5, 0.6) is 11.5 Å². The number of amides is 3. The second kappa shape index (κ2) is 14.4. The number of fused-ring (bicyclic) bond motifs is 3. The van der Waals surface area contributed by atoms with E-state index < -0.39 is 44.8 Å². The summed E-state index contributed by atoms with van der Waals surface area (Å²) in [6.07, 6.45) is 9.48. The zero-order chi connectivity index (χ0) is 36.8. The van der Waals surface area contributed by atoms with Gasteiger partial charge in [0.1, 0.15) is 39.9 Å². The first-order valence-electron chi connectivity index (χ1n) is 18.3. The first-order chi connectivity index (χ1) is 24.9. The Balaban J connectivity index is 1.20. The lowest BCUT2D eigenvalue weighted by molar-refractivity contribution is -0.139. The van der Waals surface area contributed by atoms with E-state index >= 15 is 0 Å². The van der Waals surface area contributed by atoms with E-state index in [0.717, 1.165) is 47.3 Å². The Labute approximate surface area is 308 Å². The number of aryl methyl sites for hydroxylation is 1. The number of rotatable bonds is 8. The highest BCUT2D eigenvalue weighted by Crippen LogP contribution is 2.46. The Morgan fingerprint density at radius 3 is 2.63 bits per heavy atom. The Hall–Kier alpha value is -4.04. The number of carbonyl (C=O) groups excluding carboxylic acids is 3. The minimum atomic E-state index is -3.83. The fourth-order valence-corrected chi connectivity index (χ4v) is 9.63. The number of nitrogens with one attached hydrogen (secondary N) is 2. The van der Waals surface area contributed by atoms with Gasteiger partial charge in [0, 0.05) is 41.2 Å². The number of carbonyl (C=O) groups is 3. The van der Waals surface area contributed by atoms with Gasteiger partial charge in [-0.2, -0.15) is 0 Å². The maximum atomic E-state index is 14.2. The first kappa shape index (κ1) is 36.3. The molecule has 0 radical (unpaired) electrons. The van der Waals surface area contributed by atoms with Gasteiger partial charge in [0.15, 0.2) is 0 Å². The molecule has 3 amide bonds. The molecule has 2 N–H and O–H groups in total. The van der Waals surface area contributed by atoms with Gasteiger partial charge < -0.3 is 19.7 Å². The molecule has 14 heteroatoms. The minimum Gasteiger partial charge on any atom is -0.496 e. The minimum absolute atomic E-state index is 0.147. The lowest BCUT2D eigenvalue weighted by atomic mass is 10.1. The van der Waals surface area contributed by atoms with Crippen LogP contribution in [-0.4, -0.2) is 77.6 Å². The van der Waals surface area contributed by atoms with Crippen LogP contribution in [0.1, 0.15) is 95.2 Å². The maximum absolute atomic E-state index is 14.2. The number of pyridine rings is 1. The van der Waals surface area contributed by atoms with Gasteiger partial charge in [0.25, 0.3) is 5.91 Å². The number of hydrogen-bond acceptors (Lipinski definition) is 10. The lowest BCUT2D eigenvalue weighted by Crippen LogP contribution is -2.56. The number of aromatic nitrogens is 2. The number of sulfonamides is 1. The number of ether oxygens (including phenoxy) is 2. The molecule has 2 aliphatic carbocycles. The highest BCUT2D eigenvalue weighted by atomic mass is 32.2. The van der Waals surface area contributed by atoms with E-state index in [0.29, 0.717) is 48.4 Å². The van der Waals surface area contributed by atoms with Crippen molar-refractivity contribution in [3.05, 3.63) is 47.0 Å². The van der Waals surface area contributed by atoms with Crippen molar-refractivity contribution in [2.24, 2.45) is 5.92 Å². The van der Waals surface area contributed by atoms with E-state index in [1.54, 1.807) is 12.0 Å². The summed E-state index contributed by atoms with van der Waals surface area (Å²) in [6, 6.07) is 4.74. The van der Waals surface area contributed by atoms with Gasteiger partial charge in [-0.3, -0.25) is 19.1 Å². The monoisotopic (exact) mass is 749 g/mol. The molecule has 4 unspecified atom stereocenters. The van der Waals surface area contributed by atoms with Crippen molar-refractivity contribution in [3.63, 3.8) is 0 Å². The molecule has 1 aromatic carbocycles. The van der Waals surface area contributed by atoms with Crippen molar-refractivity contribution >= 4 is 50.0 Å². The second-order valence-corrected chi connectivity index (χ2v) is 17.7. The fraction of sp³-hybridized carbons (Fsp3) is 0.553. The summed E-state index contributed by atoms with van der Waals surface area (Å²) in [5.74, 6) is -0.209. The standard InChI is InChI=1S/C38H47N5O7S2/c1-22(2)29-21-51-36(40-29)28-18-32(27-15-16-31(49-4)23(3)34(27)39-28)50-25-17-30-35(45)41-38(37(46)42-52(47,48)26-13-14-26)19-24(38)11-9-7-5-6-8-10-12-33(44)43(30)20-25/h9,11,15-16,18,21-22,24-26,30H,5-8,10,12-14,17,19-20H2,1-4H3,(H,41,45)(H,42,46)/b11-9-. The van der Waals surface area contributed by atoms with Gasteiger partial charge in [-0.15, -0.1) is 11.3 Å². The summed E-state index contributed by atoms with van der Waals surface area (Å²) in [5.41, 5.74) is 1.78. The number of benzene rings is 1. The van der Waals surface area contributed by atoms with E-state index in [2.05, 4.69) is 23.9 Å². The van der Waals surface area contributed by atoms with Gasteiger partial charge in [-0.25, -0.2) is 18.4 Å². The molecule has 0 spiro atoms. The van der Waals surface area contributed by atoms with Gasteiger partial charge in [0.05, 0.1) is 30.1 Å². The van der Waals surface area contributed by atoms with Crippen LogP contribution in [0.2, 0.25) is 0 Å². The van der Waals surface area contributed by atoms with Crippen LogP contribution in [0.4, 0.5) is 0 Å². The molecule has 4 heterocycles. The van der Waals surface area contributed by atoms with E-state index in [1.807, 2.05) is 42.7 Å². The average molecular weight is 750 g/mol. The number of allylic oxidation sites excluding steroid dienone is 1. The Morgan fingerprint density at radius 2 is 1.90 bits per heavy atom. The Morgan fingerprint density at radius 1 is 1.12 bits per heavy atom. The highest BCUT2D eigenvalue weighted by Gasteiger charge is 2.62. The van der Waals surface area contributed by atoms with Crippen LogP contribution >= 0.6 is 11.3 Å². The predicted octanol–water partition coefficient (Wildman–Crippen LogP) is 5.54. The summed E-state index contributed by atoms with van der Waals surface area (Å²) in [7, 11) is -2.21. The first-order valence-corrected chi connectivity index (χ1v) is 20.8. The van der Waals surface area contributed by atoms with E-state index in [1.165, 1.54) is 11.3 Å². The maximum Gasteiger partial charge on any atom is 0.259 e. The molecule has 4 atom stereocenters. The molecule has 4 aliphatic rings. The van der Waals surface area contributed by atoms with Crippen LogP contribution < -0.4 is 19.5 Å². The highest BCUT2D eigenvalue weighted by molar-refractivity contribution is 7.91. The number of methoxy groups -OCH3 is 1. The molecular formula is C38H47N5O7S2. The molecular weight excluding hydrogens is 703 g/mol. The molecule has 3 aromatic rings. The predicted molar refractivity (Wildman–Crippen MR) is 199 cm³/mol. The van der Waals surface area contributed by atoms with E-state index in [9.17, 15) is 22.8 Å². The molecule has 7 rings (SSSR count). The van der Waals surface area contributed by atoms with Crippen molar-refractivity contribution in [2.75, 3.05) is 13.7 Å². The van der Waals surface area contributed by atoms with Crippen LogP contribution in [-0.2, 0) is 24.4 Å². The molecule has 2 aliphatic heterocycles. The van der Waals surface area contributed by atoms with Crippen LogP contribution in [0.3, 0.4) is 0 Å². The van der Waals surface area contributed by atoms with Crippen LogP contribution in [0, 0.1) is 12.8 Å². The smallest absolute Gasteiger partial charge is 0.259 e. The van der Waals surface area contributed by atoms with Crippen molar-refractivity contribution < 1.29 is 32.3 Å². The molecule has 3 fully saturated rings. The normalized spacial score (nSPS) is 26.2. The number of nitrogens with zero attached hydrogens (tertiary/aromatic N) is 3. The van der Waals surface area contributed by atoms with Crippen LogP contribution in [0.25, 0.3) is 21.6 Å².